The second-order valence-corrected chi connectivity index (χ2v) is 5.99. The molecule has 0 saturated carbocycles. The van der Waals surface area contributed by atoms with E-state index in [4.69, 9.17) is 4.52 Å². The molecule has 0 aliphatic rings. The zero-order chi connectivity index (χ0) is 15.1. The summed E-state index contributed by atoms with van der Waals surface area (Å²) in [5, 5.41) is 10.3. The van der Waals surface area contributed by atoms with Gasteiger partial charge in [0.05, 0.1) is 6.54 Å². The van der Waals surface area contributed by atoms with Crippen LogP contribution < -0.4 is 10.6 Å². The normalized spacial score (nSPS) is 11.7. The van der Waals surface area contributed by atoms with Crippen molar-refractivity contribution in [1.29, 1.82) is 0 Å². The van der Waals surface area contributed by atoms with Gasteiger partial charge in [-0.25, -0.2) is 4.99 Å². The molecular weight excluding hydrogens is 286 g/mol. The molecule has 21 heavy (non-hydrogen) atoms. The summed E-state index contributed by atoms with van der Waals surface area (Å²) in [5.41, 5.74) is 0. The molecule has 6 nitrogen and oxygen atoms in total. The van der Waals surface area contributed by atoms with Crippen molar-refractivity contribution in [1.82, 2.24) is 20.8 Å². The third kappa shape index (κ3) is 5.18. The van der Waals surface area contributed by atoms with E-state index in [2.05, 4.69) is 44.8 Å². The predicted octanol–water partition coefficient (Wildman–Crippen LogP) is 2.05. The van der Waals surface area contributed by atoms with E-state index in [0.717, 1.165) is 12.5 Å². The summed E-state index contributed by atoms with van der Waals surface area (Å²) in [7, 11) is 0. The van der Waals surface area contributed by atoms with E-state index < -0.39 is 0 Å². The van der Waals surface area contributed by atoms with Crippen molar-refractivity contribution >= 4 is 17.3 Å². The minimum atomic E-state index is 0.643. The van der Waals surface area contributed by atoms with E-state index in [1.165, 1.54) is 9.75 Å². The Labute approximate surface area is 128 Å². The number of hydrogen-bond donors (Lipinski definition) is 2. The molecule has 0 aliphatic carbocycles. The highest BCUT2D eigenvalue weighted by molar-refractivity contribution is 7.11. The van der Waals surface area contributed by atoms with Crippen LogP contribution in [0.5, 0.6) is 0 Å². The summed E-state index contributed by atoms with van der Waals surface area (Å²) < 4.78 is 5.08. The van der Waals surface area contributed by atoms with Crippen molar-refractivity contribution in [3.63, 3.8) is 0 Å². The summed E-state index contributed by atoms with van der Waals surface area (Å²) in [4.78, 5) is 11.3. The number of nitrogens with one attached hydrogen (secondary N) is 2. The van der Waals surface area contributed by atoms with Gasteiger partial charge in [0.15, 0.2) is 11.8 Å². The predicted molar refractivity (Wildman–Crippen MR) is 84.6 cm³/mol. The maximum absolute atomic E-state index is 5.08. The number of aromatic nitrogens is 2. The first-order chi connectivity index (χ1) is 10.2. The van der Waals surface area contributed by atoms with Crippen LogP contribution in [-0.2, 0) is 13.0 Å². The summed E-state index contributed by atoms with van der Waals surface area (Å²) in [5.74, 6) is 2.11. The van der Waals surface area contributed by atoms with Gasteiger partial charge in [0.2, 0.25) is 5.89 Å². The maximum Gasteiger partial charge on any atom is 0.228 e. The third-order valence-corrected chi connectivity index (χ3v) is 3.72. The van der Waals surface area contributed by atoms with Crippen LogP contribution in [-0.4, -0.2) is 29.2 Å². The molecule has 2 aromatic rings. The van der Waals surface area contributed by atoms with Crippen molar-refractivity contribution < 1.29 is 4.52 Å². The number of nitrogens with zero attached hydrogens (tertiary/aromatic N) is 3. The molecule has 114 valence electrons. The molecule has 0 spiro atoms. The highest BCUT2D eigenvalue weighted by Gasteiger charge is 2.03. The minimum Gasteiger partial charge on any atom is -0.357 e. The van der Waals surface area contributed by atoms with Crippen molar-refractivity contribution in [3.05, 3.63) is 33.6 Å². The molecule has 0 bridgehead atoms. The number of aryl methyl sites for hydroxylation is 2. The van der Waals surface area contributed by atoms with E-state index in [0.29, 0.717) is 31.2 Å². The summed E-state index contributed by atoms with van der Waals surface area (Å²) in [6.07, 6.45) is 0.684. The molecule has 2 rings (SSSR count). The number of aliphatic imine (C=N–C) groups is 1. The Morgan fingerprint density at radius 1 is 1.33 bits per heavy atom. The van der Waals surface area contributed by atoms with Crippen molar-refractivity contribution in [2.24, 2.45) is 4.99 Å². The van der Waals surface area contributed by atoms with E-state index >= 15 is 0 Å². The van der Waals surface area contributed by atoms with Crippen LogP contribution in [0.2, 0.25) is 0 Å². The summed E-state index contributed by atoms with van der Waals surface area (Å²) in [6, 6.07) is 4.24. The van der Waals surface area contributed by atoms with Crippen molar-refractivity contribution in [3.8, 4) is 0 Å². The Bertz CT molecular complexity index is 590. The first-order valence-electron chi connectivity index (χ1n) is 7.04. The van der Waals surface area contributed by atoms with E-state index in [1.54, 1.807) is 11.3 Å². The van der Waals surface area contributed by atoms with Gasteiger partial charge in [-0.1, -0.05) is 5.16 Å². The third-order valence-electron chi connectivity index (χ3n) is 2.73. The van der Waals surface area contributed by atoms with Crippen molar-refractivity contribution in [2.45, 2.75) is 33.7 Å². The molecule has 7 heteroatoms. The number of hydrogen-bond acceptors (Lipinski definition) is 5. The van der Waals surface area contributed by atoms with Crippen LogP contribution in [0.1, 0.15) is 28.4 Å². The van der Waals surface area contributed by atoms with Crippen LogP contribution in [0.4, 0.5) is 0 Å². The van der Waals surface area contributed by atoms with E-state index in [1.807, 2.05) is 13.8 Å². The quantitative estimate of drug-likeness (QED) is 0.631. The molecule has 0 aromatic carbocycles. The summed E-state index contributed by atoms with van der Waals surface area (Å²) in [6.45, 7) is 8.19. The van der Waals surface area contributed by atoms with Crippen LogP contribution in [0, 0.1) is 13.8 Å². The van der Waals surface area contributed by atoms with Gasteiger partial charge >= 0.3 is 0 Å². The lowest BCUT2D eigenvalue weighted by molar-refractivity contribution is 0.374. The van der Waals surface area contributed by atoms with Gasteiger partial charge < -0.3 is 15.2 Å². The Morgan fingerprint density at radius 2 is 2.19 bits per heavy atom. The fraction of sp³-hybridized carbons (Fsp3) is 0.500. The van der Waals surface area contributed by atoms with Gasteiger partial charge in [-0.2, -0.15) is 4.98 Å². The lowest BCUT2D eigenvalue weighted by Gasteiger charge is -2.09. The first kappa shape index (κ1) is 15.5. The van der Waals surface area contributed by atoms with E-state index in [-0.39, 0.29) is 0 Å². The Balaban J connectivity index is 1.83. The number of thiophene rings is 1. The molecule has 0 saturated heterocycles. The molecule has 2 aromatic heterocycles. The number of rotatable bonds is 6. The second-order valence-electron chi connectivity index (χ2n) is 4.62. The minimum absolute atomic E-state index is 0.643. The maximum atomic E-state index is 5.08. The molecule has 0 aliphatic heterocycles. The topological polar surface area (TPSA) is 75.3 Å². The van der Waals surface area contributed by atoms with Gasteiger partial charge in [-0.15, -0.1) is 11.3 Å². The van der Waals surface area contributed by atoms with Crippen LogP contribution in [0.3, 0.4) is 0 Å². The average Bonchev–Trinajstić information content (AvgIpc) is 3.05. The Morgan fingerprint density at radius 3 is 2.81 bits per heavy atom. The monoisotopic (exact) mass is 307 g/mol. The van der Waals surface area contributed by atoms with Gasteiger partial charge in [-0.3, -0.25) is 0 Å². The fourth-order valence-electron chi connectivity index (χ4n) is 1.80. The molecule has 2 N–H and O–H groups in total. The zero-order valence-corrected chi connectivity index (χ0v) is 13.5. The smallest absolute Gasteiger partial charge is 0.228 e. The molecule has 0 radical (unpaired) electrons. The first-order valence-corrected chi connectivity index (χ1v) is 7.85. The largest absolute Gasteiger partial charge is 0.357 e. The molecule has 0 fully saturated rings. The fourth-order valence-corrected chi connectivity index (χ4v) is 2.61. The van der Waals surface area contributed by atoms with Crippen molar-refractivity contribution in [2.75, 3.05) is 13.1 Å². The lowest BCUT2D eigenvalue weighted by atomic mass is 10.4. The van der Waals surface area contributed by atoms with Crippen LogP contribution >= 0.6 is 11.3 Å². The Kier molecular flexibility index (Phi) is 5.74. The van der Waals surface area contributed by atoms with Gasteiger partial charge in [0.25, 0.3) is 0 Å². The standard InChI is InChI=1S/C14H21N5OS/c1-4-15-14(17-9-12-6-5-10(2)21-12)16-8-7-13-18-11(3)19-20-13/h5-6H,4,7-9H2,1-3H3,(H2,15,16,17). The highest BCUT2D eigenvalue weighted by Crippen LogP contribution is 2.15. The second kappa shape index (κ2) is 7.78. The average molecular weight is 307 g/mol. The molecule has 0 atom stereocenters. The number of guanidine groups is 1. The van der Waals surface area contributed by atoms with Gasteiger partial charge in [0, 0.05) is 29.3 Å². The van der Waals surface area contributed by atoms with Crippen LogP contribution in [0.25, 0.3) is 0 Å². The van der Waals surface area contributed by atoms with E-state index in [9.17, 15) is 0 Å². The van der Waals surface area contributed by atoms with Gasteiger partial charge in [-0.05, 0) is 32.9 Å². The highest BCUT2D eigenvalue weighted by atomic mass is 32.1. The molecule has 0 unspecified atom stereocenters. The van der Waals surface area contributed by atoms with Gasteiger partial charge in [0.1, 0.15) is 0 Å². The Hall–Kier alpha value is -1.89. The zero-order valence-electron chi connectivity index (χ0n) is 12.6. The SMILES string of the molecule is CCNC(=NCc1ccc(C)s1)NCCc1nc(C)no1. The molecule has 0 amide bonds. The van der Waals surface area contributed by atoms with Crippen LogP contribution in [0.15, 0.2) is 21.6 Å². The molecular formula is C14H21N5OS. The molecule has 2 heterocycles. The lowest BCUT2D eigenvalue weighted by Crippen LogP contribution is -2.38. The summed E-state index contributed by atoms with van der Waals surface area (Å²) >= 11 is 1.78.